The average molecular weight is 552 g/mol. The minimum Gasteiger partial charge on any atom is -0.467 e. The predicted octanol–water partition coefficient (Wildman–Crippen LogP) is -2.30. The van der Waals surface area contributed by atoms with Crippen LogP contribution in [0.25, 0.3) is 0 Å². The SMILES string of the molecule is CN(C(=O)c1ccccc1)C1C(O)C(OC2C(N)CC(N)C(OC3OC(CN)=CCC3N)C2O)OCC1(C)O. The molecule has 218 valence electrons. The summed E-state index contributed by atoms with van der Waals surface area (Å²) in [6, 6.07) is 5.53. The van der Waals surface area contributed by atoms with Crippen LogP contribution in [0.3, 0.4) is 0 Å². The molecule has 0 spiro atoms. The molecule has 11 N–H and O–H groups in total. The van der Waals surface area contributed by atoms with E-state index in [2.05, 4.69) is 0 Å². The molecule has 1 aromatic carbocycles. The van der Waals surface area contributed by atoms with Gasteiger partial charge in [0.05, 0.1) is 25.2 Å². The Morgan fingerprint density at radius 3 is 2.28 bits per heavy atom. The number of hydrogen-bond donors (Lipinski definition) is 7. The highest BCUT2D eigenvalue weighted by molar-refractivity contribution is 5.94. The molecule has 13 nitrogen and oxygen atoms in total. The summed E-state index contributed by atoms with van der Waals surface area (Å²) in [7, 11) is 1.49. The zero-order chi connectivity index (χ0) is 28.5. The smallest absolute Gasteiger partial charge is 0.254 e. The Morgan fingerprint density at radius 2 is 1.67 bits per heavy atom. The number of aliphatic hydroxyl groups is 3. The molecule has 0 aromatic heterocycles. The monoisotopic (exact) mass is 551 g/mol. The minimum atomic E-state index is -1.59. The first kappa shape index (κ1) is 29.8. The molecule has 1 amide bonds. The molecule has 2 fully saturated rings. The van der Waals surface area contributed by atoms with Gasteiger partial charge in [-0.1, -0.05) is 18.2 Å². The highest BCUT2D eigenvalue weighted by Crippen LogP contribution is 2.33. The second-order valence-electron chi connectivity index (χ2n) is 10.8. The lowest BCUT2D eigenvalue weighted by Crippen LogP contribution is -2.69. The van der Waals surface area contributed by atoms with Gasteiger partial charge in [0.1, 0.15) is 35.8 Å². The van der Waals surface area contributed by atoms with Crippen molar-refractivity contribution < 1.29 is 39.1 Å². The Labute approximate surface area is 227 Å². The van der Waals surface area contributed by atoms with Gasteiger partial charge in [-0.3, -0.25) is 4.79 Å². The second kappa shape index (κ2) is 12.1. The predicted molar refractivity (Wildman–Crippen MR) is 140 cm³/mol. The molecule has 3 aliphatic rings. The summed E-state index contributed by atoms with van der Waals surface area (Å²) in [6.07, 6.45) is -4.53. The van der Waals surface area contributed by atoms with E-state index >= 15 is 0 Å². The molecule has 2 heterocycles. The van der Waals surface area contributed by atoms with E-state index < -0.39 is 72.7 Å². The van der Waals surface area contributed by atoms with Gasteiger partial charge in [0.25, 0.3) is 5.91 Å². The Kier molecular flexibility index (Phi) is 9.28. The number of likely N-dealkylation sites (N-methyl/N-ethyl adjacent to an activating group) is 1. The van der Waals surface area contributed by atoms with Crippen molar-refractivity contribution in [3.05, 3.63) is 47.7 Å². The third-order valence-electron chi connectivity index (χ3n) is 7.62. The number of hydrogen-bond acceptors (Lipinski definition) is 12. The Hall–Kier alpha value is -2.17. The van der Waals surface area contributed by atoms with Crippen molar-refractivity contribution in [1.29, 1.82) is 0 Å². The largest absolute Gasteiger partial charge is 0.467 e. The first-order valence-corrected chi connectivity index (χ1v) is 13.1. The number of nitrogens with two attached hydrogens (primary N) is 4. The van der Waals surface area contributed by atoms with E-state index in [0.29, 0.717) is 17.7 Å². The first-order valence-electron chi connectivity index (χ1n) is 13.1. The standard InChI is InChI=1S/C26H41N5O8/c1-26(35)12-36-25(19(33)22(26)31(2)23(34)13-6-4-3-5-7-13)39-21-17(30)10-16(29)20(18(21)32)38-24-15(28)9-8-14(11-27)37-24/h3-8,15-22,24-25,32-33,35H,9-12,27-30H2,1-2H3. The van der Waals surface area contributed by atoms with Gasteiger partial charge in [-0.25, -0.2) is 0 Å². The number of aliphatic hydroxyl groups excluding tert-OH is 2. The van der Waals surface area contributed by atoms with E-state index in [1.807, 2.05) is 0 Å². The van der Waals surface area contributed by atoms with Crippen LogP contribution in [0.15, 0.2) is 42.2 Å². The van der Waals surface area contributed by atoms with Gasteiger partial charge >= 0.3 is 0 Å². The Morgan fingerprint density at radius 1 is 1.05 bits per heavy atom. The van der Waals surface area contributed by atoms with E-state index in [9.17, 15) is 20.1 Å². The molecule has 11 atom stereocenters. The zero-order valence-electron chi connectivity index (χ0n) is 22.2. The van der Waals surface area contributed by atoms with E-state index in [4.69, 9.17) is 41.9 Å². The summed E-state index contributed by atoms with van der Waals surface area (Å²) < 4.78 is 23.4. The Balaban J connectivity index is 1.48. The average Bonchev–Trinajstić information content (AvgIpc) is 2.90. The quantitative estimate of drug-likeness (QED) is 0.190. The number of carbonyl (C=O) groups is 1. The third-order valence-corrected chi connectivity index (χ3v) is 7.62. The van der Waals surface area contributed by atoms with Gasteiger partial charge in [0.15, 0.2) is 6.29 Å². The summed E-state index contributed by atoms with van der Waals surface area (Å²) in [6.45, 7) is 1.39. The maximum Gasteiger partial charge on any atom is 0.254 e. The molecular formula is C26H41N5O8. The van der Waals surface area contributed by atoms with Crippen LogP contribution in [0.5, 0.6) is 0 Å². The molecule has 4 rings (SSSR count). The van der Waals surface area contributed by atoms with Gasteiger partial charge in [-0.15, -0.1) is 0 Å². The summed E-state index contributed by atoms with van der Waals surface area (Å²) >= 11 is 0. The number of benzene rings is 1. The molecule has 2 aliphatic heterocycles. The van der Waals surface area contributed by atoms with Crippen molar-refractivity contribution in [1.82, 2.24) is 4.90 Å². The fraction of sp³-hybridized carbons (Fsp3) is 0.654. The molecular weight excluding hydrogens is 510 g/mol. The second-order valence-corrected chi connectivity index (χ2v) is 10.8. The van der Waals surface area contributed by atoms with Crippen molar-refractivity contribution in [3.63, 3.8) is 0 Å². The van der Waals surface area contributed by atoms with Crippen LogP contribution in [0, 0.1) is 0 Å². The normalized spacial score (nSPS) is 40.9. The number of amides is 1. The molecule has 0 radical (unpaired) electrons. The molecule has 1 aliphatic carbocycles. The van der Waals surface area contributed by atoms with Gasteiger partial charge in [-0.05, 0) is 38.0 Å². The zero-order valence-corrected chi connectivity index (χ0v) is 22.2. The minimum absolute atomic E-state index is 0.172. The van der Waals surface area contributed by atoms with Crippen molar-refractivity contribution in [2.75, 3.05) is 20.2 Å². The molecule has 0 bridgehead atoms. The third kappa shape index (κ3) is 6.28. The van der Waals surface area contributed by atoms with Crippen LogP contribution in [0.4, 0.5) is 0 Å². The lowest BCUT2D eigenvalue weighted by molar-refractivity contribution is -0.309. The van der Waals surface area contributed by atoms with Crippen LogP contribution in [0.2, 0.25) is 0 Å². The van der Waals surface area contributed by atoms with Gasteiger partial charge < -0.3 is 62.1 Å². The summed E-state index contributed by atoms with van der Waals surface area (Å²) in [5.74, 6) is 0.125. The van der Waals surface area contributed by atoms with Gasteiger partial charge in [0, 0.05) is 24.7 Å². The van der Waals surface area contributed by atoms with Crippen LogP contribution >= 0.6 is 0 Å². The number of carbonyl (C=O) groups excluding carboxylic acids is 1. The van der Waals surface area contributed by atoms with Gasteiger partial charge in [0.2, 0.25) is 6.29 Å². The lowest BCUT2D eigenvalue weighted by Gasteiger charge is -2.50. The van der Waals surface area contributed by atoms with E-state index in [1.165, 1.54) is 18.9 Å². The fourth-order valence-electron chi connectivity index (χ4n) is 5.50. The van der Waals surface area contributed by atoms with Crippen LogP contribution in [-0.4, -0.2) is 113 Å². The number of nitrogens with zero attached hydrogens (tertiary/aromatic N) is 1. The lowest BCUT2D eigenvalue weighted by atomic mass is 9.84. The summed E-state index contributed by atoms with van der Waals surface area (Å²) in [4.78, 5) is 14.4. The van der Waals surface area contributed by atoms with E-state index in [-0.39, 0.29) is 19.6 Å². The van der Waals surface area contributed by atoms with Crippen molar-refractivity contribution in [3.8, 4) is 0 Å². The highest BCUT2D eigenvalue weighted by atomic mass is 16.7. The van der Waals surface area contributed by atoms with E-state index in [1.54, 1.807) is 36.4 Å². The van der Waals surface area contributed by atoms with Gasteiger partial charge in [-0.2, -0.15) is 0 Å². The Bertz CT molecular complexity index is 1010. The summed E-state index contributed by atoms with van der Waals surface area (Å²) in [5, 5.41) is 33.6. The maximum absolute atomic E-state index is 13.1. The highest BCUT2D eigenvalue weighted by Gasteiger charge is 2.53. The number of ether oxygens (including phenoxy) is 4. The van der Waals surface area contributed by atoms with Crippen molar-refractivity contribution >= 4 is 5.91 Å². The molecule has 1 saturated carbocycles. The van der Waals surface area contributed by atoms with Crippen LogP contribution in [-0.2, 0) is 18.9 Å². The van der Waals surface area contributed by atoms with Crippen LogP contribution < -0.4 is 22.9 Å². The topological polar surface area (TPSA) is 222 Å². The molecule has 1 aromatic rings. The fourth-order valence-corrected chi connectivity index (χ4v) is 5.50. The summed E-state index contributed by atoms with van der Waals surface area (Å²) in [5.41, 5.74) is 23.2. The molecule has 13 heteroatoms. The van der Waals surface area contributed by atoms with Crippen molar-refractivity contribution in [2.45, 2.75) is 86.5 Å². The molecule has 11 unspecified atom stereocenters. The number of rotatable bonds is 7. The van der Waals surface area contributed by atoms with Crippen LogP contribution in [0.1, 0.15) is 30.1 Å². The van der Waals surface area contributed by atoms with E-state index in [0.717, 1.165) is 0 Å². The molecule has 1 saturated heterocycles. The molecule has 39 heavy (non-hydrogen) atoms. The van der Waals surface area contributed by atoms with Crippen molar-refractivity contribution in [2.24, 2.45) is 22.9 Å². The maximum atomic E-state index is 13.1. The first-order chi connectivity index (χ1) is 18.4.